The van der Waals surface area contributed by atoms with Crippen LogP contribution in [-0.4, -0.2) is 96.4 Å². The normalized spacial score (nSPS) is 9.57. The second-order valence-electron chi connectivity index (χ2n) is 3.49. The maximum Gasteiger partial charge on any atom is 2.00 e. The standard InChI is InChI=1S/2C4H9NO4S.Mg.2H2O/c2*1-4(6)5-2-3-10(7,8)9;;;/h2*2-3H2,1H3,(H,5,6)(H,7,8,9);;2*1H2/q;;+2;;/p-2. The molecule has 2 amide bonds. The summed E-state index contributed by atoms with van der Waals surface area (Å²) in [6.07, 6.45) is 0. The van der Waals surface area contributed by atoms with Crippen molar-refractivity contribution in [3.8, 4) is 0 Å². The monoisotopic (exact) mass is 392 g/mol. The van der Waals surface area contributed by atoms with E-state index in [9.17, 15) is 35.5 Å². The first kappa shape index (κ1) is 33.9. The van der Waals surface area contributed by atoms with Crippen molar-refractivity contribution in [3.05, 3.63) is 0 Å². The van der Waals surface area contributed by atoms with Gasteiger partial charge >= 0.3 is 23.1 Å². The van der Waals surface area contributed by atoms with E-state index in [4.69, 9.17) is 0 Å². The first-order chi connectivity index (χ1) is 8.83. The molecule has 0 aromatic carbocycles. The van der Waals surface area contributed by atoms with Gasteiger partial charge in [0.2, 0.25) is 11.8 Å². The molecule has 0 aliphatic carbocycles. The molecule has 23 heavy (non-hydrogen) atoms. The van der Waals surface area contributed by atoms with Crippen LogP contribution in [0.1, 0.15) is 13.8 Å². The van der Waals surface area contributed by atoms with Crippen LogP contribution in [0.4, 0.5) is 0 Å². The summed E-state index contributed by atoms with van der Waals surface area (Å²) < 4.78 is 59.4. The summed E-state index contributed by atoms with van der Waals surface area (Å²) in [4.78, 5) is 20.2. The molecular weight excluding hydrogens is 373 g/mol. The van der Waals surface area contributed by atoms with Crippen LogP contribution in [0.2, 0.25) is 0 Å². The third-order valence-corrected chi connectivity index (χ3v) is 2.86. The van der Waals surface area contributed by atoms with Crippen molar-refractivity contribution in [2.45, 2.75) is 13.8 Å². The Hall–Kier alpha value is -0.554. The van der Waals surface area contributed by atoms with Crippen LogP contribution < -0.4 is 10.6 Å². The van der Waals surface area contributed by atoms with E-state index in [1.807, 2.05) is 0 Å². The summed E-state index contributed by atoms with van der Waals surface area (Å²) in [6.45, 7) is 2.27. The zero-order valence-corrected chi connectivity index (χ0v) is 15.7. The fourth-order valence-corrected chi connectivity index (χ4v) is 1.41. The Morgan fingerprint density at radius 3 is 1.13 bits per heavy atom. The van der Waals surface area contributed by atoms with E-state index in [2.05, 4.69) is 10.6 Å². The minimum Gasteiger partial charge on any atom is -0.748 e. The zero-order chi connectivity index (χ0) is 16.4. The molecule has 6 N–H and O–H groups in total. The molecule has 0 spiro atoms. The molecule has 0 unspecified atom stereocenters. The molecule has 136 valence electrons. The van der Waals surface area contributed by atoms with E-state index in [-0.39, 0.29) is 58.9 Å². The van der Waals surface area contributed by atoms with Crippen LogP contribution >= 0.6 is 0 Å². The van der Waals surface area contributed by atoms with Crippen molar-refractivity contribution < 1.29 is 46.5 Å². The Morgan fingerprint density at radius 2 is 1.00 bits per heavy atom. The Bertz CT molecular complexity index is 471. The third-order valence-electron chi connectivity index (χ3n) is 1.45. The Balaban J connectivity index is -0.0000000831. The first-order valence-electron chi connectivity index (χ1n) is 5.19. The number of rotatable bonds is 6. The van der Waals surface area contributed by atoms with Crippen LogP contribution in [0.15, 0.2) is 0 Å². The molecule has 0 aliphatic heterocycles. The molecule has 0 aromatic rings. The molecule has 15 heteroatoms. The van der Waals surface area contributed by atoms with Gasteiger partial charge in [-0.3, -0.25) is 9.59 Å². The van der Waals surface area contributed by atoms with Crippen LogP contribution in [-0.2, 0) is 29.8 Å². The maximum atomic E-state index is 10.1. The largest absolute Gasteiger partial charge is 2.00 e. The fourth-order valence-electron chi connectivity index (χ4n) is 0.704. The van der Waals surface area contributed by atoms with Gasteiger partial charge < -0.3 is 30.7 Å². The molecular formula is C8H20MgN2O10S2. The van der Waals surface area contributed by atoms with Crippen LogP contribution in [0.5, 0.6) is 0 Å². The van der Waals surface area contributed by atoms with Gasteiger partial charge in [-0.25, -0.2) is 16.8 Å². The Morgan fingerprint density at radius 1 is 0.783 bits per heavy atom. The van der Waals surface area contributed by atoms with E-state index >= 15 is 0 Å². The number of nitrogens with one attached hydrogen (secondary N) is 2. The molecule has 12 nitrogen and oxygen atoms in total. The SMILES string of the molecule is CC(=O)NCCS(=O)(=O)[O-].CC(=O)NCCS(=O)(=O)[O-].O.O.[Mg+2]. The second-order valence-corrected chi connectivity index (χ2v) is 6.54. The number of hydrogen-bond acceptors (Lipinski definition) is 8. The van der Waals surface area contributed by atoms with Crippen molar-refractivity contribution in [3.63, 3.8) is 0 Å². The summed E-state index contributed by atoms with van der Waals surface area (Å²) in [5, 5.41) is 4.37. The minimum atomic E-state index is -4.18. The summed E-state index contributed by atoms with van der Waals surface area (Å²) in [5.41, 5.74) is 0. The molecule has 0 saturated carbocycles. The molecule has 0 saturated heterocycles. The van der Waals surface area contributed by atoms with Gasteiger partial charge in [0.1, 0.15) is 0 Å². The molecule has 0 radical (unpaired) electrons. The van der Waals surface area contributed by atoms with Crippen molar-refractivity contribution in [2.75, 3.05) is 24.6 Å². The molecule has 0 heterocycles. The van der Waals surface area contributed by atoms with Gasteiger partial charge in [0.05, 0.1) is 31.7 Å². The molecule has 0 rings (SSSR count). The summed E-state index contributed by atoms with van der Waals surface area (Å²) in [5.74, 6) is -1.79. The Kier molecular flexibility index (Phi) is 24.1. The van der Waals surface area contributed by atoms with Gasteiger partial charge in [-0.2, -0.15) is 0 Å². The third kappa shape index (κ3) is 44.9. The Labute approximate surface area is 150 Å². The number of amides is 2. The van der Waals surface area contributed by atoms with Crippen LogP contribution in [0, 0.1) is 0 Å². The number of carbonyl (C=O) groups excluding carboxylic acids is 2. The van der Waals surface area contributed by atoms with Gasteiger partial charge in [-0.1, -0.05) is 0 Å². The van der Waals surface area contributed by atoms with Crippen molar-refractivity contribution >= 4 is 55.1 Å². The molecule has 0 aliphatic rings. The summed E-state index contributed by atoms with van der Waals surface area (Å²) in [7, 11) is -8.37. The van der Waals surface area contributed by atoms with Gasteiger partial charge in [-0.15, -0.1) is 0 Å². The summed E-state index contributed by atoms with van der Waals surface area (Å²) >= 11 is 0. The molecule has 0 bridgehead atoms. The average molecular weight is 393 g/mol. The van der Waals surface area contributed by atoms with Gasteiger partial charge in [0.25, 0.3) is 0 Å². The number of hydrogen-bond donors (Lipinski definition) is 2. The zero-order valence-electron chi connectivity index (χ0n) is 12.6. The van der Waals surface area contributed by atoms with Crippen LogP contribution in [0.25, 0.3) is 0 Å². The van der Waals surface area contributed by atoms with E-state index in [1.54, 1.807) is 0 Å². The molecule has 0 atom stereocenters. The van der Waals surface area contributed by atoms with Crippen molar-refractivity contribution in [2.24, 2.45) is 0 Å². The summed E-state index contributed by atoms with van der Waals surface area (Å²) in [6, 6.07) is 0. The molecule has 0 aromatic heterocycles. The number of carbonyl (C=O) groups is 2. The minimum absolute atomic E-state index is 0. The topological polar surface area (TPSA) is 236 Å². The van der Waals surface area contributed by atoms with E-state index < -0.39 is 31.7 Å². The van der Waals surface area contributed by atoms with Gasteiger partial charge in [0.15, 0.2) is 0 Å². The van der Waals surface area contributed by atoms with E-state index in [0.717, 1.165) is 0 Å². The van der Waals surface area contributed by atoms with Crippen molar-refractivity contribution in [1.82, 2.24) is 10.6 Å². The van der Waals surface area contributed by atoms with Crippen LogP contribution in [0.3, 0.4) is 0 Å². The fraction of sp³-hybridized carbons (Fsp3) is 0.750. The predicted octanol–water partition coefficient (Wildman–Crippen LogP) is -4.69. The van der Waals surface area contributed by atoms with E-state index in [1.165, 1.54) is 13.8 Å². The molecule has 0 fully saturated rings. The second kappa shape index (κ2) is 16.3. The smallest absolute Gasteiger partial charge is 0.748 e. The average Bonchev–Trinajstić information content (AvgIpc) is 2.12. The van der Waals surface area contributed by atoms with Gasteiger partial charge in [-0.05, 0) is 0 Å². The van der Waals surface area contributed by atoms with E-state index in [0.29, 0.717) is 0 Å². The maximum absolute atomic E-state index is 10.1. The quantitative estimate of drug-likeness (QED) is 0.328. The predicted molar refractivity (Wildman–Crippen MR) is 79.5 cm³/mol. The van der Waals surface area contributed by atoms with Crippen molar-refractivity contribution in [1.29, 1.82) is 0 Å². The first-order valence-corrected chi connectivity index (χ1v) is 8.35. The van der Waals surface area contributed by atoms with Gasteiger partial charge in [0, 0.05) is 26.9 Å².